The van der Waals surface area contributed by atoms with E-state index in [0.717, 1.165) is 24.0 Å². The summed E-state index contributed by atoms with van der Waals surface area (Å²) in [7, 11) is 1.56. The largest absolute Gasteiger partial charge is 0.507 e. The molecule has 2 heterocycles. The third-order valence-corrected chi connectivity index (χ3v) is 7.16. The Kier molecular flexibility index (Phi) is 6.74. The molecule has 2 N–H and O–H groups in total. The van der Waals surface area contributed by atoms with Crippen molar-refractivity contribution in [3.63, 3.8) is 0 Å². The molecule has 32 heavy (non-hydrogen) atoms. The Labute approximate surface area is 189 Å². The van der Waals surface area contributed by atoms with E-state index in [1.807, 2.05) is 19.9 Å². The number of rotatable bonds is 7. The summed E-state index contributed by atoms with van der Waals surface area (Å²) < 4.78 is 16.5. The lowest BCUT2D eigenvalue weighted by molar-refractivity contribution is -0.122. The van der Waals surface area contributed by atoms with Crippen LogP contribution in [-0.2, 0) is 27.3 Å². The van der Waals surface area contributed by atoms with Crippen molar-refractivity contribution in [1.29, 1.82) is 0 Å². The monoisotopic (exact) mass is 443 g/mol. The van der Waals surface area contributed by atoms with E-state index in [4.69, 9.17) is 14.2 Å². The Morgan fingerprint density at radius 2 is 2.06 bits per heavy atom. The van der Waals surface area contributed by atoms with Gasteiger partial charge in [0.1, 0.15) is 23.7 Å². The van der Waals surface area contributed by atoms with E-state index < -0.39 is 5.97 Å². The Morgan fingerprint density at radius 1 is 1.28 bits per heavy atom. The number of cyclic esters (lactones) is 1. The second-order valence-corrected chi connectivity index (χ2v) is 9.16. The van der Waals surface area contributed by atoms with Crippen LogP contribution in [0.2, 0.25) is 0 Å². The molecule has 7 heteroatoms. The summed E-state index contributed by atoms with van der Waals surface area (Å²) in [5, 5.41) is 13.9. The van der Waals surface area contributed by atoms with E-state index in [-0.39, 0.29) is 29.9 Å². The summed E-state index contributed by atoms with van der Waals surface area (Å²) in [5.74, 6) is 0.501. The zero-order valence-corrected chi connectivity index (χ0v) is 19.2. The maximum atomic E-state index is 12.5. The van der Waals surface area contributed by atoms with E-state index in [0.29, 0.717) is 54.8 Å². The lowest BCUT2D eigenvalue weighted by atomic mass is 9.83. The number of hydrogen-bond acceptors (Lipinski definition) is 6. The average Bonchev–Trinajstić information content (AvgIpc) is 3.37. The van der Waals surface area contributed by atoms with Crippen molar-refractivity contribution >= 4 is 11.9 Å². The molecular formula is C25H33NO6. The van der Waals surface area contributed by atoms with Crippen molar-refractivity contribution in [3.8, 4) is 11.5 Å². The standard InChI is InChI=1S/C25H33NO6/c1-14(9-11-21(27)26-19-13-31-20-7-5-4-6-16(19)20)8-10-17-23(28)22-18(12-32-25(22)29)15(2)24(17)30-3/h8,16,19-20,28H,4-7,9-13H2,1-3H3,(H,26,27)/b14-8+. The molecule has 1 saturated heterocycles. The Morgan fingerprint density at radius 3 is 2.84 bits per heavy atom. The SMILES string of the molecule is COc1c(C)c2c(c(O)c1C/C=C(\C)CCC(=O)NC1COC3CCCCC13)C(=O)OC2. The first-order chi connectivity index (χ1) is 15.4. The summed E-state index contributed by atoms with van der Waals surface area (Å²) in [6.07, 6.45) is 8.41. The second kappa shape index (κ2) is 9.53. The van der Waals surface area contributed by atoms with E-state index in [2.05, 4.69) is 5.32 Å². The Hall–Kier alpha value is -2.54. The molecule has 7 nitrogen and oxygen atoms in total. The fourth-order valence-corrected chi connectivity index (χ4v) is 5.29. The molecule has 0 aromatic heterocycles. The second-order valence-electron chi connectivity index (χ2n) is 9.16. The van der Waals surface area contributed by atoms with Gasteiger partial charge in [-0.3, -0.25) is 4.79 Å². The topological polar surface area (TPSA) is 94.1 Å². The van der Waals surface area contributed by atoms with Crippen LogP contribution in [0.3, 0.4) is 0 Å². The van der Waals surface area contributed by atoms with Crippen molar-refractivity contribution in [2.45, 2.75) is 77.5 Å². The van der Waals surface area contributed by atoms with E-state index in [9.17, 15) is 14.7 Å². The molecule has 0 spiro atoms. The van der Waals surface area contributed by atoms with Crippen LogP contribution in [0.4, 0.5) is 0 Å². The number of aromatic hydroxyl groups is 1. The first-order valence-electron chi connectivity index (χ1n) is 11.6. The number of esters is 1. The zero-order chi connectivity index (χ0) is 22.8. The van der Waals surface area contributed by atoms with Crippen LogP contribution in [0.5, 0.6) is 11.5 Å². The Bertz CT molecular complexity index is 937. The predicted octanol–water partition coefficient (Wildman–Crippen LogP) is 3.72. The fourth-order valence-electron chi connectivity index (χ4n) is 5.29. The third-order valence-electron chi connectivity index (χ3n) is 7.16. The van der Waals surface area contributed by atoms with Gasteiger partial charge in [0.05, 0.1) is 25.9 Å². The van der Waals surface area contributed by atoms with Crippen LogP contribution in [-0.4, -0.2) is 42.8 Å². The van der Waals surface area contributed by atoms with Gasteiger partial charge in [0.2, 0.25) is 5.91 Å². The van der Waals surface area contributed by atoms with Gasteiger partial charge < -0.3 is 24.6 Å². The zero-order valence-electron chi connectivity index (χ0n) is 19.2. The lowest BCUT2D eigenvalue weighted by Gasteiger charge is -2.27. The number of carbonyl (C=O) groups is 2. The molecule has 2 aliphatic heterocycles. The average molecular weight is 444 g/mol. The highest BCUT2D eigenvalue weighted by molar-refractivity contribution is 5.98. The molecule has 174 valence electrons. The molecule has 1 aromatic carbocycles. The molecule has 1 aliphatic carbocycles. The summed E-state index contributed by atoms with van der Waals surface area (Å²) >= 11 is 0. The number of nitrogens with one attached hydrogen (secondary N) is 1. The molecule has 2 fully saturated rings. The Balaban J connectivity index is 1.36. The van der Waals surface area contributed by atoms with Gasteiger partial charge in [-0.05, 0) is 45.1 Å². The summed E-state index contributed by atoms with van der Waals surface area (Å²) in [4.78, 5) is 24.6. The predicted molar refractivity (Wildman–Crippen MR) is 119 cm³/mol. The van der Waals surface area contributed by atoms with Crippen molar-refractivity contribution < 1.29 is 28.9 Å². The highest BCUT2D eigenvalue weighted by Crippen LogP contribution is 2.42. The molecule has 0 radical (unpaired) electrons. The molecule has 3 unspecified atom stereocenters. The van der Waals surface area contributed by atoms with Gasteiger partial charge in [0.25, 0.3) is 0 Å². The molecule has 3 atom stereocenters. The van der Waals surface area contributed by atoms with Crippen LogP contribution in [0.1, 0.15) is 72.5 Å². The van der Waals surface area contributed by atoms with Crippen LogP contribution < -0.4 is 10.1 Å². The fraction of sp³-hybridized carbons (Fsp3) is 0.600. The molecule has 1 aromatic rings. The van der Waals surface area contributed by atoms with Crippen molar-refractivity contribution in [3.05, 3.63) is 33.9 Å². The van der Waals surface area contributed by atoms with E-state index in [1.54, 1.807) is 7.11 Å². The van der Waals surface area contributed by atoms with Crippen LogP contribution >= 0.6 is 0 Å². The van der Waals surface area contributed by atoms with Crippen LogP contribution in [0, 0.1) is 12.8 Å². The number of allylic oxidation sites excluding steroid dienone is 2. The van der Waals surface area contributed by atoms with Crippen LogP contribution in [0.25, 0.3) is 0 Å². The molecule has 1 amide bonds. The van der Waals surface area contributed by atoms with Gasteiger partial charge in [0.15, 0.2) is 0 Å². The van der Waals surface area contributed by atoms with Gasteiger partial charge in [-0.15, -0.1) is 0 Å². The third kappa shape index (κ3) is 4.35. The number of methoxy groups -OCH3 is 1. The first-order valence-corrected chi connectivity index (χ1v) is 11.6. The maximum absolute atomic E-state index is 12.5. The molecule has 4 rings (SSSR count). The quantitative estimate of drug-likeness (QED) is 0.493. The van der Waals surface area contributed by atoms with E-state index in [1.165, 1.54) is 12.8 Å². The molecular weight excluding hydrogens is 410 g/mol. The van der Waals surface area contributed by atoms with Gasteiger partial charge >= 0.3 is 5.97 Å². The smallest absolute Gasteiger partial charge is 0.342 e. The van der Waals surface area contributed by atoms with Gasteiger partial charge in [-0.25, -0.2) is 4.79 Å². The van der Waals surface area contributed by atoms with Crippen molar-refractivity contribution in [1.82, 2.24) is 5.32 Å². The normalized spacial score (nSPS) is 24.7. The molecule has 0 bridgehead atoms. The number of hydrogen-bond donors (Lipinski definition) is 2. The molecule has 3 aliphatic rings. The summed E-state index contributed by atoms with van der Waals surface area (Å²) in [5.41, 5.74) is 3.34. The number of phenolic OH excluding ortho intramolecular Hbond substituents is 1. The number of fused-ring (bicyclic) bond motifs is 2. The summed E-state index contributed by atoms with van der Waals surface area (Å²) in [6.45, 7) is 4.62. The number of phenols is 1. The number of ether oxygens (including phenoxy) is 3. The van der Waals surface area contributed by atoms with Crippen molar-refractivity contribution in [2.24, 2.45) is 5.92 Å². The highest BCUT2D eigenvalue weighted by atomic mass is 16.5. The summed E-state index contributed by atoms with van der Waals surface area (Å²) in [6, 6.07) is 0.132. The van der Waals surface area contributed by atoms with Gasteiger partial charge in [-0.1, -0.05) is 24.5 Å². The number of benzene rings is 1. The minimum atomic E-state index is -0.502. The first kappa shape index (κ1) is 22.6. The van der Waals surface area contributed by atoms with Crippen LogP contribution in [0.15, 0.2) is 11.6 Å². The minimum Gasteiger partial charge on any atom is -0.507 e. The van der Waals surface area contributed by atoms with Gasteiger partial charge in [-0.2, -0.15) is 0 Å². The van der Waals surface area contributed by atoms with Gasteiger partial charge in [0, 0.05) is 23.5 Å². The molecule has 1 saturated carbocycles. The lowest BCUT2D eigenvalue weighted by Crippen LogP contribution is -2.41. The van der Waals surface area contributed by atoms with E-state index >= 15 is 0 Å². The van der Waals surface area contributed by atoms with Crippen molar-refractivity contribution in [2.75, 3.05) is 13.7 Å². The minimum absolute atomic E-state index is 0.0501. The highest BCUT2D eigenvalue weighted by Gasteiger charge is 2.39. The number of carbonyl (C=O) groups excluding carboxylic acids is 2. The number of amides is 1. The maximum Gasteiger partial charge on any atom is 0.342 e.